The van der Waals surface area contributed by atoms with Gasteiger partial charge in [0.25, 0.3) is 0 Å². The van der Waals surface area contributed by atoms with Gasteiger partial charge >= 0.3 is 0 Å². The van der Waals surface area contributed by atoms with Crippen LogP contribution in [-0.4, -0.2) is 27.3 Å². The van der Waals surface area contributed by atoms with Crippen LogP contribution in [0.3, 0.4) is 0 Å². The van der Waals surface area contributed by atoms with Crippen LogP contribution in [0.4, 0.5) is 5.69 Å². The first-order valence-electron chi connectivity index (χ1n) is 10.5. The number of hydrogen-bond acceptors (Lipinski definition) is 5. The predicted octanol–water partition coefficient (Wildman–Crippen LogP) is 5.21. The molecule has 3 aromatic rings. The molecule has 1 N–H and O–H groups in total. The minimum Gasteiger partial charge on any atom is -0.492 e. The van der Waals surface area contributed by atoms with Gasteiger partial charge in [0.1, 0.15) is 16.8 Å². The van der Waals surface area contributed by atoms with E-state index in [2.05, 4.69) is 26.7 Å². The number of aromatic nitrogens is 3. The first kappa shape index (κ1) is 21.2. The molecule has 4 rings (SSSR count). The van der Waals surface area contributed by atoms with E-state index in [4.69, 9.17) is 4.74 Å². The number of rotatable bonds is 10. The second kappa shape index (κ2) is 9.83. The summed E-state index contributed by atoms with van der Waals surface area (Å²) in [6.07, 6.45) is 4.11. The Bertz CT molecular complexity index is 1050. The number of benzene rings is 2. The van der Waals surface area contributed by atoms with Crippen LogP contribution >= 0.6 is 11.8 Å². The molecule has 0 radical (unpaired) electrons. The van der Waals surface area contributed by atoms with Crippen molar-refractivity contribution < 1.29 is 9.53 Å². The van der Waals surface area contributed by atoms with Crippen LogP contribution in [0.2, 0.25) is 0 Å². The van der Waals surface area contributed by atoms with Gasteiger partial charge in [-0.05, 0) is 37.5 Å². The lowest BCUT2D eigenvalue weighted by molar-refractivity contribution is -0.115. The van der Waals surface area contributed by atoms with Crippen molar-refractivity contribution in [2.75, 3.05) is 11.9 Å². The lowest BCUT2D eigenvalue weighted by Crippen LogP contribution is -2.20. The second-order valence-corrected chi connectivity index (χ2v) is 8.41. The molecule has 0 saturated heterocycles. The van der Waals surface area contributed by atoms with E-state index in [0.29, 0.717) is 30.5 Å². The number of nitrogens with one attached hydrogen (secondary N) is 1. The van der Waals surface area contributed by atoms with E-state index in [1.165, 1.54) is 11.8 Å². The fraction of sp³-hybridized carbons (Fsp3) is 0.292. The van der Waals surface area contributed by atoms with Crippen LogP contribution in [0.25, 0.3) is 0 Å². The minimum atomic E-state index is -0.490. The first-order chi connectivity index (χ1) is 15.2. The van der Waals surface area contributed by atoms with Crippen molar-refractivity contribution >= 4 is 23.4 Å². The maximum Gasteiger partial charge on any atom is 0.242 e. The third kappa shape index (κ3) is 4.99. The lowest BCUT2D eigenvalue weighted by Gasteiger charge is -2.18. The summed E-state index contributed by atoms with van der Waals surface area (Å²) in [5.74, 6) is 1.96. The van der Waals surface area contributed by atoms with Gasteiger partial charge < -0.3 is 14.6 Å². The number of para-hydroxylation sites is 2. The molecule has 2 aromatic carbocycles. The third-order valence-electron chi connectivity index (χ3n) is 5.01. The second-order valence-electron chi connectivity index (χ2n) is 7.34. The Kier molecular flexibility index (Phi) is 6.72. The number of thioether (sulfide) groups is 1. The SMILES string of the molecule is C=CCn1c(SC(C(=O)Nc2ccccc2OCC)c2ccccc2)nnc1C1CC1. The van der Waals surface area contributed by atoms with Crippen molar-refractivity contribution in [1.29, 1.82) is 0 Å². The van der Waals surface area contributed by atoms with Gasteiger partial charge in [0.15, 0.2) is 5.16 Å². The predicted molar refractivity (Wildman–Crippen MR) is 123 cm³/mol. The molecule has 31 heavy (non-hydrogen) atoms. The molecular weight excluding hydrogens is 408 g/mol. The van der Waals surface area contributed by atoms with Crippen molar-refractivity contribution in [3.05, 3.63) is 78.6 Å². The standard InChI is InChI=1S/C24H26N4O2S/c1-3-16-28-22(18-14-15-18)26-27-24(28)31-21(17-10-6-5-7-11-17)23(29)25-19-12-8-9-13-20(19)30-4-2/h3,5-13,18,21H,1,4,14-16H2,2H3,(H,25,29). The molecule has 6 nitrogen and oxygen atoms in total. The molecule has 160 valence electrons. The van der Waals surface area contributed by atoms with E-state index >= 15 is 0 Å². The zero-order valence-electron chi connectivity index (χ0n) is 17.5. The van der Waals surface area contributed by atoms with Crippen molar-refractivity contribution in [1.82, 2.24) is 14.8 Å². The molecule has 7 heteroatoms. The van der Waals surface area contributed by atoms with E-state index in [9.17, 15) is 4.79 Å². The number of anilines is 1. The average molecular weight is 435 g/mol. The minimum absolute atomic E-state index is 0.135. The molecule has 0 spiro atoms. The van der Waals surface area contributed by atoms with Gasteiger partial charge in [0.2, 0.25) is 5.91 Å². The van der Waals surface area contributed by atoms with Gasteiger partial charge in [-0.25, -0.2) is 0 Å². The monoisotopic (exact) mass is 434 g/mol. The number of allylic oxidation sites excluding steroid dienone is 1. The highest BCUT2D eigenvalue weighted by Crippen LogP contribution is 2.42. The zero-order valence-corrected chi connectivity index (χ0v) is 18.3. The zero-order chi connectivity index (χ0) is 21.6. The molecule has 1 atom stereocenters. The number of nitrogens with zero attached hydrogens (tertiary/aromatic N) is 3. The molecule has 0 aliphatic heterocycles. The Hall–Kier alpha value is -3.06. The molecule has 1 aliphatic rings. The Morgan fingerprint density at radius 3 is 2.68 bits per heavy atom. The average Bonchev–Trinajstić information content (AvgIpc) is 3.56. The van der Waals surface area contributed by atoms with Gasteiger partial charge in [-0.15, -0.1) is 16.8 Å². The van der Waals surface area contributed by atoms with Crippen LogP contribution in [-0.2, 0) is 11.3 Å². The maximum atomic E-state index is 13.4. The van der Waals surface area contributed by atoms with Crippen LogP contribution in [0.1, 0.15) is 42.3 Å². The Labute approximate surface area is 186 Å². The Balaban J connectivity index is 1.63. The molecule has 1 unspecified atom stereocenters. The summed E-state index contributed by atoms with van der Waals surface area (Å²) in [6.45, 7) is 6.94. The van der Waals surface area contributed by atoms with Gasteiger partial charge in [-0.1, -0.05) is 60.3 Å². The highest BCUT2D eigenvalue weighted by atomic mass is 32.2. The van der Waals surface area contributed by atoms with E-state index in [0.717, 1.165) is 29.4 Å². The van der Waals surface area contributed by atoms with E-state index in [-0.39, 0.29) is 5.91 Å². The summed E-state index contributed by atoms with van der Waals surface area (Å²) in [6, 6.07) is 17.2. The van der Waals surface area contributed by atoms with Crippen LogP contribution in [0.15, 0.2) is 72.4 Å². The summed E-state index contributed by atoms with van der Waals surface area (Å²) in [4.78, 5) is 13.4. The van der Waals surface area contributed by atoms with Crippen molar-refractivity contribution in [2.45, 2.75) is 42.6 Å². The first-order valence-corrected chi connectivity index (χ1v) is 11.4. The molecule has 1 fully saturated rings. The maximum absolute atomic E-state index is 13.4. The highest BCUT2D eigenvalue weighted by Gasteiger charge is 2.32. The van der Waals surface area contributed by atoms with Crippen molar-refractivity contribution in [3.63, 3.8) is 0 Å². The van der Waals surface area contributed by atoms with Crippen molar-refractivity contribution in [3.8, 4) is 5.75 Å². The highest BCUT2D eigenvalue weighted by molar-refractivity contribution is 8.00. The van der Waals surface area contributed by atoms with Crippen molar-refractivity contribution in [2.24, 2.45) is 0 Å². The Morgan fingerprint density at radius 2 is 1.97 bits per heavy atom. The quantitative estimate of drug-likeness (QED) is 0.350. The summed E-state index contributed by atoms with van der Waals surface area (Å²) in [5.41, 5.74) is 1.56. The molecule has 1 aromatic heterocycles. The van der Waals surface area contributed by atoms with Gasteiger partial charge in [-0.3, -0.25) is 4.79 Å². The fourth-order valence-electron chi connectivity index (χ4n) is 3.39. The van der Waals surface area contributed by atoms with Crippen LogP contribution in [0.5, 0.6) is 5.75 Å². The van der Waals surface area contributed by atoms with E-state index < -0.39 is 5.25 Å². The van der Waals surface area contributed by atoms with E-state index in [1.807, 2.05) is 67.6 Å². The number of hydrogen-bond donors (Lipinski definition) is 1. The van der Waals surface area contributed by atoms with Gasteiger partial charge in [0, 0.05) is 12.5 Å². The normalized spacial score (nSPS) is 14.1. The van der Waals surface area contributed by atoms with Gasteiger partial charge in [-0.2, -0.15) is 0 Å². The molecule has 1 saturated carbocycles. The van der Waals surface area contributed by atoms with Crippen LogP contribution in [0, 0.1) is 0 Å². The summed E-state index contributed by atoms with van der Waals surface area (Å²) < 4.78 is 7.75. The number of ether oxygens (including phenoxy) is 1. The molecular formula is C24H26N4O2S. The number of carbonyl (C=O) groups is 1. The number of amides is 1. The molecule has 1 heterocycles. The van der Waals surface area contributed by atoms with Crippen LogP contribution < -0.4 is 10.1 Å². The van der Waals surface area contributed by atoms with E-state index in [1.54, 1.807) is 0 Å². The Morgan fingerprint density at radius 1 is 1.23 bits per heavy atom. The topological polar surface area (TPSA) is 69.0 Å². The molecule has 1 aliphatic carbocycles. The summed E-state index contributed by atoms with van der Waals surface area (Å²) >= 11 is 1.41. The largest absolute Gasteiger partial charge is 0.492 e. The summed E-state index contributed by atoms with van der Waals surface area (Å²) in [5, 5.41) is 12.1. The fourth-order valence-corrected chi connectivity index (χ4v) is 4.44. The number of carbonyl (C=O) groups excluding carboxylic acids is 1. The molecule has 1 amide bonds. The van der Waals surface area contributed by atoms with Gasteiger partial charge in [0.05, 0.1) is 12.3 Å². The lowest BCUT2D eigenvalue weighted by atomic mass is 10.1. The summed E-state index contributed by atoms with van der Waals surface area (Å²) in [7, 11) is 0. The smallest absolute Gasteiger partial charge is 0.242 e. The third-order valence-corrected chi connectivity index (χ3v) is 6.24. The molecule has 0 bridgehead atoms.